The number of anilines is 3. The van der Waals surface area contributed by atoms with Crippen LogP contribution in [0.4, 0.5) is 17.3 Å². The number of hydrogen-bond donors (Lipinski definition) is 4. The largest absolute Gasteiger partial charge is 0.497 e. The number of hydrogen-bond acceptors (Lipinski definition) is 8. The molecule has 0 aliphatic heterocycles. The Labute approximate surface area is 183 Å². The van der Waals surface area contributed by atoms with Crippen LogP contribution in [-0.2, 0) is 17.6 Å². The summed E-state index contributed by atoms with van der Waals surface area (Å²) in [4.78, 5) is 21.3. The molecule has 1 atom stereocenters. The van der Waals surface area contributed by atoms with Crippen LogP contribution in [-0.4, -0.2) is 49.3 Å². The molecule has 0 fully saturated rings. The summed E-state index contributed by atoms with van der Waals surface area (Å²) < 4.78 is 10.6. The maximum atomic E-state index is 12.1. The van der Waals surface area contributed by atoms with Crippen LogP contribution in [0.2, 0.25) is 0 Å². The lowest BCUT2D eigenvalue weighted by Gasteiger charge is -2.20. The molecule has 2 rings (SSSR count). The summed E-state index contributed by atoms with van der Waals surface area (Å²) in [6.07, 6.45) is 3.03. The number of primary amides is 1. The van der Waals surface area contributed by atoms with Crippen molar-refractivity contribution in [1.82, 2.24) is 9.97 Å². The number of aryl methyl sites for hydroxylation is 1. The van der Waals surface area contributed by atoms with Gasteiger partial charge in [-0.2, -0.15) is 0 Å². The van der Waals surface area contributed by atoms with Crippen molar-refractivity contribution in [3.8, 4) is 5.75 Å². The third kappa shape index (κ3) is 6.80. The lowest BCUT2D eigenvalue weighted by Crippen LogP contribution is -2.24. The average Bonchev–Trinajstić information content (AvgIpc) is 2.76. The van der Waals surface area contributed by atoms with Crippen molar-refractivity contribution < 1.29 is 14.3 Å². The zero-order chi connectivity index (χ0) is 22.8. The third-order valence-corrected chi connectivity index (χ3v) is 4.94. The average molecular weight is 431 g/mol. The van der Waals surface area contributed by atoms with Gasteiger partial charge in [0.05, 0.1) is 12.8 Å². The van der Waals surface area contributed by atoms with E-state index in [1.165, 1.54) is 0 Å². The van der Waals surface area contributed by atoms with Gasteiger partial charge in [-0.1, -0.05) is 13.8 Å². The molecule has 31 heavy (non-hydrogen) atoms. The molecule has 1 aromatic heterocycles. The van der Waals surface area contributed by atoms with Gasteiger partial charge in [0.2, 0.25) is 0 Å². The number of rotatable bonds is 13. The fourth-order valence-corrected chi connectivity index (χ4v) is 3.22. The highest BCUT2D eigenvalue weighted by Crippen LogP contribution is 2.27. The van der Waals surface area contributed by atoms with Crippen LogP contribution in [0.1, 0.15) is 48.4 Å². The quantitative estimate of drug-likeness (QED) is 0.380. The Kier molecular flexibility index (Phi) is 9.48. The SMILES string of the molecule is CCc1nc(C(N)=O)c(Nc2cc(CCN)cc(OC)c2)nc1NC(CC)CCOC. The number of aromatic nitrogens is 2. The molecule has 170 valence electrons. The van der Waals surface area contributed by atoms with Crippen molar-refractivity contribution in [2.24, 2.45) is 11.5 Å². The molecule has 1 unspecified atom stereocenters. The zero-order valence-corrected chi connectivity index (χ0v) is 18.8. The maximum Gasteiger partial charge on any atom is 0.271 e. The number of carbonyl (C=O) groups is 1. The highest BCUT2D eigenvalue weighted by molar-refractivity contribution is 5.96. The lowest BCUT2D eigenvalue weighted by atomic mass is 10.1. The summed E-state index contributed by atoms with van der Waals surface area (Å²) in [6, 6.07) is 5.85. The zero-order valence-electron chi connectivity index (χ0n) is 18.8. The maximum absolute atomic E-state index is 12.1. The highest BCUT2D eigenvalue weighted by atomic mass is 16.5. The Morgan fingerprint density at radius 3 is 2.52 bits per heavy atom. The highest BCUT2D eigenvalue weighted by Gasteiger charge is 2.19. The lowest BCUT2D eigenvalue weighted by molar-refractivity contribution is 0.0996. The third-order valence-electron chi connectivity index (χ3n) is 4.94. The molecule has 0 bridgehead atoms. The van der Waals surface area contributed by atoms with Crippen LogP contribution in [0.25, 0.3) is 0 Å². The second-order valence-corrected chi connectivity index (χ2v) is 7.20. The van der Waals surface area contributed by atoms with E-state index in [0.29, 0.717) is 54.8 Å². The fraction of sp³-hybridized carbons (Fsp3) is 0.500. The van der Waals surface area contributed by atoms with E-state index >= 15 is 0 Å². The minimum Gasteiger partial charge on any atom is -0.497 e. The number of nitrogens with zero attached hydrogens (tertiary/aromatic N) is 2. The summed E-state index contributed by atoms with van der Waals surface area (Å²) in [5.41, 5.74) is 13.8. The second-order valence-electron chi connectivity index (χ2n) is 7.20. The van der Waals surface area contributed by atoms with E-state index in [-0.39, 0.29) is 11.7 Å². The van der Waals surface area contributed by atoms with Gasteiger partial charge < -0.3 is 31.6 Å². The first-order valence-electron chi connectivity index (χ1n) is 10.6. The van der Waals surface area contributed by atoms with Gasteiger partial charge in [0.1, 0.15) is 5.75 Å². The van der Waals surface area contributed by atoms with E-state index in [9.17, 15) is 4.79 Å². The standard InChI is InChI=1S/C22H34N6O3/c1-5-15(8-10-30-3)25-21-18(6-2)27-19(20(24)29)22(28-21)26-16-11-14(7-9-23)12-17(13-16)31-4/h11-13,15H,5-10,23H2,1-4H3,(H2,24,29)(H2,25,26,28). The molecule has 0 spiro atoms. The van der Waals surface area contributed by atoms with E-state index < -0.39 is 5.91 Å². The number of amides is 1. The van der Waals surface area contributed by atoms with Gasteiger partial charge in [-0.05, 0) is 49.9 Å². The van der Waals surface area contributed by atoms with Crippen LogP contribution < -0.4 is 26.8 Å². The van der Waals surface area contributed by atoms with Crippen molar-refractivity contribution in [1.29, 1.82) is 0 Å². The Hall–Kier alpha value is -2.91. The van der Waals surface area contributed by atoms with E-state index in [0.717, 1.165) is 18.4 Å². The molecule has 2 aromatic rings. The predicted octanol–water partition coefficient (Wildman–Crippen LogP) is 2.62. The predicted molar refractivity (Wildman–Crippen MR) is 123 cm³/mol. The van der Waals surface area contributed by atoms with E-state index in [2.05, 4.69) is 22.5 Å². The Morgan fingerprint density at radius 2 is 1.94 bits per heavy atom. The minimum atomic E-state index is -0.646. The van der Waals surface area contributed by atoms with Crippen molar-refractivity contribution in [3.05, 3.63) is 35.2 Å². The van der Waals surface area contributed by atoms with Crippen LogP contribution in [0.3, 0.4) is 0 Å². The molecule has 9 heteroatoms. The molecule has 1 heterocycles. The second kappa shape index (κ2) is 12.1. The molecule has 0 radical (unpaired) electrons. The summed E-state index contributed by atoms with van der Waals surface area (Å²) in [5.74, 6) is 0.952. The monoisotopic (exact) mass is 430 g/mol. The molecule has 9 nitrogen and oxygen atoms in total. The molecule has 1 aromatic carbocycles. The fourth-order valence-electron chi connectivity index (χ4n) is 3.22. The molecule has 0 aliphatic carbocycles. The van der Waals surface area contributed by atoms with Gasteiger partial charge in [-0.25, -0.2) is 9.97 Å². The topological polar surface area (TPSA) is 137 Å². The van der Waals surface area contributed by atoms with E-state index in [4.69, 9.17) is 25.9 Å². The van der Waals surface area contributed by atoms with Gasteiger partial charge in [-0.3, -0.25) is 4.79 Å². The summed E-state index contributed by atoms with van der Waals surface area (Å²) >= 11 is 0. The number of methoxy groups -OCH3 is 2. The minimum absolute atomic E-state index is 0.0931. The Morgan fingerprint density at radius 1 is 1.16 bits per heavy atom. The number of nitrogens with one attached hydrogen (secondary N) is 2. The summed E-state index contributed by atoms with van der Waals surface area (Å²) in [7, 11) is 3.28. The first kappa shape index (κ1) is 24.4. The molecule has 0 saturated heterocycles. The number of carbonyl (C=O) groups excluding carboxylic acids is 1. The van der Waals surface area contributed by atoms with Crippen molar-refractivity contribution in [2.45, 2.75) is 45.6 Å². The van der Waals surface area contributed by atoms with Gasteiger partial charge >= 0.3 is 0 Å². The molecule has 1 amide bonds. The number of ether oxygens (including phenoxy) is 2. The van der Waals surface area contributed by atoms with Crippen LogP contribution in [0.5, 0.6) is 5.75 Å². The number of benzene rings is 1. The van der Waals surface area contributed by atoms with E-state index in [1.54, 1.807) is 14.2 Å². The van der Waals surface area contributed by atoms with Crippen molar-refractivity contribution in [3.63, 3.8) is 0 Å². The molecule has 0 aliphatic rings. The van der Waals surface area contributed by atoms with Gasteiger partial charge in [0.25, 0.3) is 5.91 Å². The smallest absolute Gasteiger partial charge is 0.271 e. The number of nitrogens with two attached hydrogens (primary N) is 2. The van der Waals surface area contributed by atoms with Crippen molar-refractivity contribution in [2.75, 3.05) is 38.0 Å². The van der Waals surface area contributed by atoms with Gasteiger partial charge in [-0.15, -0.1) is 0 Å². The van der Waals surface area contributed by atoms with Crippen LogP contribution >= 0.6 is 0 Å². The van der Waals surface area contributed by atoms with Crippen LogP contribution in [0, 0.1) is 0 Å². The molecular formula is C22H34N6O3. The Bertz CT molecular complexity index is 875. The first-order chi connectivity index (χ1) is 14.9. The molecular weight excluding hydrogens is 396 g/mol. The summed E-state index contributed by atoms with van der Waals surface area (Å²) in [6.45, 7) is 5.21. The van der Waals surface area contributed by atoms with Crippen molar-refractivity contribution >= 4 is 23.2 Å². The first-order valence-corrected chi connectivity index (χ1v) is 10.6. The summed E-state index contributed by atoms with van der Waals surface area (Å²) in [5, 5.41) is 6.64. The van der Waals surface area contributed by atoms with Gasteiger partial charge in [0, 0.05) is 31.5 Å². The normalized spacial score (nSPS) is 11.8. The molecule has 0 saturated carbocycles. The Balaban J connectivity index is 2.45. The van der Waals surface area contributed by atoms with E-state index in [1.807, 2.05) is 25.1 Å². The molecule has 6 N–H and O–H groups in total. The van der Waals surface area contributed by atoms with Crippen LogP contribution in [0.15, 0.2) is 18.2 Å². The van der Waals surface area contributed by atoms with Gasteiger partial charge in [0.15, 0.2) is 17.3 Å².